The van der Waals surface area contributed by atoms with Crippen molar-refractivity contribution in [3.8, 4) is 0 Å². The van der Waals surface area contributed by atoms with Gasteiger partial charge in [-0.1, -0.05) is 19.3 Å². The second-order valence-corrected chi connectivity index (χ2v) is 6.77. The lowest BCUT2D eigenvalue weighted by molar-refractivity contribution is -0.130. The third-order valence-electron chi connectivity index (χ3n) is 4.97. The molecule has 2 fully saturated rings. The van der Waals surface area contributed by atoms with Gasteiger partial charge in [0.25, 0.3) is 0 Å². The topological polar surface area (TPSA) is 61.4 Å². The van der Waals surface area contributed by atoms with Gasteiger partial charge in [-0.05, 0) is 43.0 Å². The molecule has 130 valence electrons. The lowest BCUT2D eigenvalue weighted by atomic mass is 9.82. The number of halogens is 1. The molecule has 24 heavy (non-hydrogen) atoms. The van der Waals surface area contributed by atoms with E-state index >= 15 is 0 Å². The molecule has 5 nitrogen and oxygen atoms in total. The molecule has 0 bridgehead atoms. The Kier molecular flexibility index (Phi) is 5.33. The fourth-order valence-electron chi connectivity index (χ4n) is 3.26. The minimum Gasteiger partial charge on any atom is -0.341 e. The number of likely N-dealkylation sites (tertiary alicyclic amines) is 1. The zero-order valence-electron chi connectivity index (χ0n) is 13.8. The second kappa shape index (κ2) is 7.64. The van der Waals surface area contributed by atoms with Crippen LogP contribution in [0.2, 0.25) is 0 Å². The molecule has 3 amide bonds. The smallest absolute Gasteiger partial charge is 0.319 e. The van der Waals surface area contributed by atoms with Crippen molar-refractivity contribution >= 4 is 17.6 Å². The maximum Gasteiger partial charge on any atom is 0.319 e. The highest BCUT2D eigenvalue weighted by Crippen LogP contribution is 2.30. The molecule has 1 aliphatic carbocycles. The van der Waals surface area contributed by atoms with Gasteiger partial charge in [-0.2, -0.15) is 0 Å². The van der Waals surface area contributed by atoms with Gasteiger partial charge >= 0.3 is 6.03 Å². The molecular weight excluding hydrogens is 309 g/mol. The van der Waals surface area contributed by atoms with Crippen molar-refractivity contribution < 1.29 is 14.0 Å². The number of nitrogens with one attached hydrogen (secondary N) is 2. The minimum atomic E-state index is -0.340. The van der Waals surface area contributed by atoms with Crippen molar-refractivity contribution in [2.45, 2.75) is 44.6 Å². The monoisotopic (exact) mass is 333 g/mol. The maximum atomic E-state index is 12.8. The first-order valence-corrected chi connectivity index (χ1v) is 8.71. The third kappa shape index (κ3) is 4.46. The summed E-state index contributed by atoms with van der Waals surface area (Å²) in [4.78, 5) is 26.0. The van der Waals surface area contributed by atoms with Gasteiger partial charge in [0.15, 0.2) is 0 Å². The normalized spacial score (nSPS) is 20.5. The Balaban J connectivity index is 1.39. The Hall–Kier alpha value is -2.11. The van der Waals surface area contributed by atoms with E-state index in [4.69, 9.17) is 0 Å². The highest BCUT2D eigenvalue weighted by molar-refractivity contribution is 5.89. The lowest BCUT2D eigenvalue weighted by Gasteiger charge is -2.26. The van der Waals surface area contributed by atoms with Gasteiger partial charge in [0, 0.05) is 31.2 Å². The zero-order valence-corrected chi connectivity index (χ0v) is 13.8. The highest BCUT2D eigenvalue weighted by Gasteiger charge is 2.28. The lowest BCUT2D eigenvalue weighted by Crippen LogP contribution is -2.40. The van der Waals surface area contributed by atoms with Crippen LogP contribution in [0.15, 0.2) is 24.3 Å². The zero-order chi connectivity index (χ0) is 16.9. The van der Waals surface area contributed by atoms with E-state index in [-0.39, 0.29) is 23.8 Å². The Morgan fingerprint density at radius 2 is 1.92 bits per heavy atom. The number of amides is 3. The van der Waals surface area contributed by atoms with Crippen LogP contribution in [0.4, 0.5) is 14.9 Å². The van der Waals surface area contributed by atoms with Crippen LogP contribution < -0.4 is 10.6 Å². The molecule has 1 aromatic carbocycles. The van der Waals surface area contributed by atoms with Crippen molar-refractivity contribution in [1.29, 1.82) is 0 Å². The van der Waals surface area contributed by atoms with Gasteiger partial charge in [0.2, 0.25) is 5.91 Å². The van der Waals surface area contributed by atoms with Crippen LogP contribution in [0.25, 0.3) is 0 Å². The van der Waals surface area contributed by atoms with E-state index in [1.165, 1.54) is 43.5 Å². The Bertz CT molecular complexity index is 586. The van der Waals surface area contributed by atoms with Crippen LogP contribution in [-0.4, -0.2) is 36.0 Å². The van der Waals surface area contributed by atoms with Crippen LogP contribution in [0.5, 0.6) is 0 Å². The fourth-order valence-corrected chi connectivity index (χ4v) is 3.26. The molecule has 2 aliphatic rings. The number of hydrogen-bond acceptors (Lipinski definition) is 2. The van der Waals surface area contributed by atoms with Gasteiger partial charge < -0.3 is 15.5 Å². The highest BCUT2D eigenvalue weighted by atomic mass is 19.1. The summed E-state index contributed by atoms with van der Waals surface area (Å²) in [7, 11) is 0. The molecule has 1 heterocycles. The molecule has 2 N–H and O–H groups in total. The van der Waals surface area contributed by atoms with Gasteiger partial charge in [-0.3, -0.25) is 4.79 Å². The van der Waals surface area contributed by atoms with Crippen LogP contribution in [0.3, 0.4) is 0 Å². The quantitative estimate of drug-likeness (QED) is 0.870. The summed E-state index contributed by atoms with van der Waals surface area (Å²) in [5, 5.41) is 5.55. The molecule has 3 rings (SSSR count). The first-order chi connectivity index (χ1) is 11.6. The molecule has 1 aliphatic heterocycles. The molecule has 0 spiro atoms. The standard InChI is InChI=1S/C18H24FN3O2/c19-14-5-7-15(8-6-14)20-18(24)21-16-10-11-22(12-16)17(23)9-4-13-2-1-3-13/h5-8,13,16H,1-4,9-12H2,(H2,20,21,24). The summed E-state index contributed by atoms with van der Waals surface area (Å²) in [6.07, 6.45) is 6.23. The van der Waals surface area contributed by atoms with Gasteiger partial charge in [-0.25, -0.2) is 9.18 Å². The summed E-state index contributed by atoms with van der Waals surface area (Å²) in [6, 6.07) is 5.27. The Labute approximate surface area is 141 Å². The van der Waals surface area contributed by atoms with E-state index in [1.54, 1.807) is 0 Å². The molecule has 1 aromatic rings. The average molecular weight is 333 g/mol. The van der Waals surface area contributed by atoms with Crippen molar-refractivity contribution in [1.82, 2.24) is 10.2 Å². The number of anilines is 1. The van der Waals surface area contributed by atoms with Gasteiger partial charge in [0.1, 0.15) is 5.82 Å². The summed E-state index contributed by atoms with van der Waals surface area (Å²) in [5.41, 5.74) is 0.542. The van der Waals surface area contributed by atoms with E-state index in [9.17, 15) is 14.0 Å². The largest absolute Gasteiger partial charge is 0.341 e. The van der Waals surface area contributed by atoms with Gasteiger partial charge in [0.05, 0.1) is 0 Å². The summed E-state index contributed by atoms with van der Waals surface area (Å²) in [6.45, 7) is 1.27. The van der Waals surface area contributed by atoms with E-state index < -0.39 is 0 Å². The SMILES string of the molecule is O=C(Nc1ccc(F)cc1)NC1CCN(C(=O)CCC2CCC2)C1. The number of carbonyl (C=O) groups excluding carboxylic acids is 2. The molecule has 0 aromatic heterocycles. The second-order valence-electron chi connectivity index (χ2n) is 6.77. The number of hydrogen-bond donors (Lipinski definition) is 2. The van der Waals surface area contributed by atoms with Crippen molar-refractivity contribution in [2.75, 3.05) is 18.4 Å². The Morgan fingerprint density at radius 3 is 2.58 bits per heavy atom. The molecular formula is C18H24FN3O2. The van der Waals surface area contributed by atoms with E-state index in [0.29, 0.717) is 25.2 Å². The maximum absolute atomic E-state index is 12.8. The average Bonchev–Trinajstić information content (AvgIpc) is 2.96. The van der Waals surface area contributed by atoms with Crippen LogP contribution in [0, 0.1) is 11.7 Å². The van der Waals surface area contributed by atoms with E-state index in [1.807, 2.05) is 4.90 Å². The van der Waals surface area contributed by atoms with Crippen LogP contribution in [-0.2, 0) is 4.79 Å². The molecule has 0 radical (unpaired) electrons. The van der Waals surface area contributed by atoms with Crippen molar-refractivity contribution in [3.63, 3.8) is 0 Å². The number of carbonyl (C=O) groups is 2. The predicted molar refractivity (Wildman–Crippen MR) is 90.1 cm³/mol. The molecule has 1 atom stereocenters. The van der Waals surface area contributed by atoms with E-state index in [0.717, 1.165) is 18.8 Å². The number of nitrogens with zero attached hydrogens (tertiary/aromatic N) is 1. The Morgan fingerprint density at radius 1 is 1.17 bits per heavy atom. The molecule has 1 unspecified atom stereocenters. The molecule has 1 saturated heterocycles. The number of rotatable bonds is 5. The van der Waals surface area contributed by atoms with Crippen LogP contribution >= 0.6 is 0 Å². The van der Waals surface area contributed by atoms with E-state index in [2.05, 4.69) is 10.6 Å². The minimum absolute atomic E-state index is 0.0295. The first kappa shape index (κ1) is 16.7. The third-order valence-corrected chi connectivity index (χ3v) is 4.97. The number of urea groups is 1. The van der Waals surface area contributed by atoms with Crippen molar-refractivity contribution in [3.05, 3.63) is 30.1 Å². The predicted octanol–water partition coefficient (Wildman–Crippen LogP) is 3.13. The first-order valence-electron chi connectivity index (χ1n) is 8.71. The number of benzene rings is 1. The fraction of sp³-hybridized carbons (Fsp3) is 0.556. The molecule has 1 saturated carbocycles. The summed E-state index contributed by atoms with van der Waals surface area (Å²) >= 11 is 0. The summed E-state index contributed by atoms with van der Waals surface area (Å²) < 4.78 is 12.8. The van der Waals surface area contributed by atoms with Crippen molar-refractivity contribution in [2.24, 2.45) is 5.92 Å². The van der Waals surface area contributed by atoms with Crippen LogP contribution in [0.1, 0.15) is 38.5 Å². The van der Waals surface area contributed by atoms with Gasteiger partial charge in [-0.15, -0.1) is 0 Å². The molecule has 6 heteroatoms. The summed E-state index contributed by atoms with van der Waals surface area (Å²) in [5.74, 6) is 0.602.